The fraction of sp³-hybridized carbons (Fsp3) is 0.615. The Balaban J connectivity index is 2.06. The summed E-state index contributed by atoms with van der Waals surface area (Å²) < 4.78 is 26.0. The minimum Gasteiger partial charge on any atom is -0.313 e. The number of hydrogen-bond donors (Lipinski definition) is 1. The van der Waals surface area contributed by atoms with Crippen molar-refractivity contribution in [3.63, 3.8) is 0 Å². The first-order valence-electron chi connectivity index (χ1n) is 6.66. The average molecular weight is 283 g/mol. The zero-order chi connectivity index (χ0) is 13.9. The fourth-order valence-electron chi connectivity index (χ4n) is 1.86. The predicted octanol–water partition coefficient (Wildman–Crippen LogP) is 1.22. The molecule has 0 atom stereocenters. The number of sulfonamides is 1. The Morgan fingerprint density at radius 2 is 2.16 bits per heavy atom. The van der Waals surface area contributed by atoms with Gasteiger partial charge in [0.25, 0.3) is 10.0 Å². The third kappa shape index (κ3) is 3.75. The van der Waals surface area contributed by atoms with Crippen LogP contribution in [0.1, 0.15) is 25.3 Å². The molecular weight excluding hydrogens is 262 g/mol. The summed E-state index contributed by atoms with van der Waals surface area (Å²) in [4.78, 5) is 4.08. The van der Waals surface area contributed by atoms with Crippen LogP contribution in [0.2, 0.25) is 0 Å². The quantitative estimate of drug-likeness (QED) is 0.817. The fourth-order valence-corrected chi connectivity index (χ4v) is 3.01. The Morgan fingerprint density at radius 1 is 1.42 bits per heavy atom. The van der Waals surface area contributed by atoms with E-state index < -0.39 is 10.0 Å². The summed E-state index contributed by atoms with van der Waals surface area (Å²) >= 11 is 0. The molecule has 2 rings (SSSR count). The Bertz CT molecular complexity index is 509. The molecule has 0 bridgehead atoms. The number of nitrogens with zero attached hydrogens (tertiary/aromatic N) is 2. The SMILES string of the molecule is CCNCc1ccc(S(=O)(=O)N(C)CC2CC2)nc1. The largest absolute Gasteiger partial charge is 0.313 e. The molecule has 0 aliphatic heterocycles. The van der Waals surface area contributed by atoms with Gasteiger partial charge in [-0.05, 0) is 36.9 Å². The predicted molar refractivity (Wildman–Crippen MR) is 74.2 cm³/mol. The van der Waals surface area contributed by atoms with E-state index in [1.807, 2.05) is 13.0 Å². The molecular formula is C13H21N3O2S. The van der Waals surface area contributed by atoms with Crippen molar-refractivity contribution in [2.75, 3.05) is 20.1 Å². The number of nitrogens with one attached hydrogen (secondary N) is 1. The van der Waals surface area contributed by atoms with Crippen LogP contribution in [0.4, 0.5) is 0 Å². The van der Waals surface area contributed by atoms with Gasteiger partial charge < -0.3 is 5.32 Å². The molecule has 0 aromatic carbocycles. The van der Waals surface area contributed by atoms with Gasteiger partial charge in [-0.1, -0.05) is 13.0 Å². The molecule has 1 saturated carbocycles. The minimum atomic E-state index is -3.43. The Labute approximate surface area is 115 Å². The van der Waals surface area contributed by atoms with Crippen molar-refractivity contribution in [3.8, 4) is 0 Å². The van der Waals surface area contributed by atoms with Crippen molar-refractivity contribution < 1.29 is 8.42 Å². The van der Waals surface area contributed by atoms with E-state index in [0.717, 1.165) is 24.9 Å². The molecule has 0 spiro atoms. The summed E-state index contributed by atoms with van der Waals surface area (Å²) in [5, 5.41) is 3.32. The molecule has 1 aromatic rings. The molecule has 1 aliphatic rings. The number of hydrogen-bond acceptors (Lipinski definition) is 4. The van der Waals surface area contributed by atoms with E-state index in [9.17, 15) is 8.42 Å². The van der Waals surface area contributed by atoms with Gasteiger partial charge in [-0.2, -0.15) is 4.31 Å². The van der Waals surface area contributed by atoms with Gasteiger partial charge in [-0.3, -0.25) is 0 Å². The Hall–Kier alpha value is -0.980. The highest BCUT2D eigenvalue weighted by Crippen LogP contribution is 2.30. The summed E-state index contributed by atoms with van der Waals surface area (Å²) in [6.07, 6.45) is 3.89. The van der Waals surface area contributed by atoms with Crippen LogP contribution in [0, 0.1) is 5.92 Å². The first-order valence-corrected chi connectivity index (χ1v) is 8.10. The Morgan fingerprint density at radius 3 is 2.68 bits per heavy atom. The lowest BCUT2D eigenvalue weighted by atomic mass is 10.3. The standard InChI is InChI=1S/C13H21N3O2S/c1-3-14-8-12-6-7-13(15-9-12)19(17,18)16(2)10-11-4-5-11/h6-7,9,11,14H,3-5,8,10H2,1-2H3. The molecule has 5 nitrogen and oxygen atoms in total. The first-order chi connectivity index (χ1) is 9.04. The highest BCUT2D eigenvalue weighted by molar-refractivity contribution is 7.89. The summed E-state index contributed by atoms with van der Waals surface area (Å²) in [6.45, 7) is 4.22. The lowest BCUT2D eigenvalue weighted by molar-refractivity contribution is 0.450. The van der Waals surface area contributed by atoms with Crippen LogP contribution in [-0.2, 0) is 16.6 Å². The molecule has 1 aliphatic carbocycles. The van der Waals surface area contributed by atoms with Crippen molar-refractivity contribution in [2.24, 2.45) is 5.92 Å². The van der Waals surface area contributed by atoms with Crippen LogP contribution in [0.15, 0.2) is 23.4 Å². The van der Waals surface area contributed by atoms with Crippen LogP contribution in [0.5, 0.6) is 0 Å². The van der Waals surface area contributed by atoms with E-state index in [4.69, 9.17) is 0 Å². The zero-order valence-electron chi connectivity index (χ0n) is 11.5. The molecule has 6 heteroatoms. The van der Waals surface area contributed by atoms with Crippen LogP contribution in [0.3, 0.4) is 0 Å². The molecule has 1 N–H and O–H groups in total. The molecule has 0 radical (unpaired) electrons. The van der Waals surface area contributed by atoms with Crippen molar-refractivity contribution in [1.82, 2.24) is 14.6 Å². The first kappa shape index (κ1) is 14.4. The monoisotopic (exact) mass is 283 g/mol. The van der Waals surface area contributed by atoms with Crippen LogP contribution in [-0.4, -0.2) is 37.8 Å². The summed E-state index contributed by atoms with van der Waals surface area (Å²) in [6, 6.07) is 3.40. The third-order valence-corrected chi connectivity index (χ3v) is 5.00. The van der Waals surface area contributed by atoms with Crippen molar-refractivity contribution in [1.29, 1.82) is 0 Å². The van der Waals surface area contributed by atoms with E-state index in [0.29, 0.717) is 19.0 Å². The molecule has 1 aromatic heterocycles. The van der Waals surface area contributed by atoms with E-state index >= 15 is 0 Å². The van der Waals surface area contributed by atoms with E-state index in [1.165, 1.54) is 4.31 Å². The molecule has 0 amide bonds. The minimum absolute atomic E-state index is 0.135. The molecule has 1 heterocycles. The normalized spacial score (nSPS) is 15.9. The number of aromatic nitrogens is 1. The molecule has 19 heavy (non-hydrogen) atoms. The van der Waals surface area contributed by atoms with E-state index in [-0.39, 0.29) is 5.03 Å². The summed E-state index contributed by atoms with van der Waals surface area (Å²) in [5.74, 6) is 0.535. The lowest BCUT2D eigenvalue weighted by Crippen LogP contribution is -2.29. The van der Waals surface area contributed by atoms with Gasteiger partial charge in [0.2, 0.25) is 0 Å². The average Bonchev–Trinajstić information content (AvgIpc) is 3.20. The third-order valence-electron chi connectivity index (χ3n) is 3.26. The number of rotatable bonds is 7. The van der Waals surface area contributed by atoms with Gasteiger partial charge in [0.1, 0.15) is 0 Å². The Kier molecular flexibility index (Phi) is 4.54. The van der Waals surface area contributed by atoms with Crippen LogP contribution >= 0.6 is 0 Å². The molecule has 106 valence electrons. The van der Waals surface area contributed by atoms with E-state index in [1.54, 1.807) is 19.3 Å². The maximum Gasteiger partial charge on any atom is 0.260 e. The molecule has 0 unspecified atom stereocenters. The highest BCUT2D eigenvalue weighted by Gasteiger charge is 2.29. The van der Waals surface area contributed by atoms with E-state index in [2.05, 4.69) is 10.3 Å². The van der Waals surface area contributed by atoms with Gasteiger partial charge in [0.05, 0.1) is 0 Å². The van der Waals surface area contributed by atoms with Crippen molar-refractivity contribution >= 4 is 10.0 Å². The summed E-state index contributed by atoms with van der Waals surface area (Å²) in [5.41, 5.74) is 0.991. The number of pyridine rings is 1. The van der Waals surface area contributed by atoms with Gasteiger partial charge in [0.15, 0.2) is 5.03 Å². The zero-order valence-corrected chi connectivity index (χ0v) is 12.3. The second kappa shape index (κ2) is 5.98. The van der Waals surface area contributed by atoms with Crippen LogP contribution in [0.25, 0.3) is 0 Å². The van der Waals surface area contributed by atoms with Crippen LogP contribution < -0.4 is 5.32 Å². The van der Waals surface area contributed by atoms with Crippen molar-refractivity contribution in [3.05, 3.63) is 23.9 Å². The smallest absolute Gasteiger partial charge is 0.260 e. The summed E-state index contributed by atoms with van der Waals surface area (Å²) in [7, 11) is -1.80. The highest BCUT2D eigenvalue weighted by atomic mass is 32.2. The molecule has 1 fully saturated rings. The molecule has 0 saturated heterocycles. The van der Waals surface area contributed by atoms with Gasteiger partial charge in [0, 0.05) is 26.3 Å². The maximum atomic E-state index is 12.3. The van der Waals surface area contributed by atoms with Gasteiger partial charge >= 0.3 is 0 Å². The maximum absolute atomic E-state index is 12.3. The second-order valence-electron chi connectivity index (χ2n) is 5.01. The lowest BCUT2D eigenvalue weighted by Gasteiger charge is -2.16. The van der Waals surface area contributed by atoms with Crippen molar-refractivity contribution in [2.45, 2.75) is 31.3 Å². The topological polar surface area (TPSA) is 62.3 Å². The van der Waals surface area contributed by atoms with Gasteiger partial charge in [-0.15, -0.1) is 0 Å². The second-order valence-corrected chi connectivity index (χ2v) is 7.01. The van der Waals surface area contributed by atoms with Gasteiger partial charge in [-0.25, -0.2) is 13.4 Å².